The molecule has 4 nitrogen and oxygen atoms in total. The summed E-state index contributed by atoms with van der Waals surface area (Å²) in [4.78, 5) is 15.1. The van der Waals surface area contributed by atoms with Crippen LogP contribution in [0, 0.1) is 0 Å². The first-order chi connectivity index (χ1) is 7.22. The number of carbonyl (C=O) groups is 1. The third-order valence-electron chi connectivity index (χ3n) is 2.21. The maximum Gasteiger partial charge on any atom is 0.267 e. The largest absolute Gasteiger partial charge is 0.497 e. The number of pyridine rings is 1. The van der Waals surface area contributed by atoms with E-state index >= 15 is 0 Å². The molecule has 15 heavy (non-hydrogen) atoms. The van der Waals surface area contributed by atoms with Gasteiger partial charge < -0.3 is 10.5 Å². The molecule has 0 fully saturated rings. The zero-order chi connectivity index (χ0) is 10.8. The van der Waals surface area contributed by atoms with Gasteiger partial charge in [0.15, 0.2) is 0 Å². The molecule has 1 aromatic carbocycles. The summed E-state index contributed by atoms with van der Waals surface area (Å²) in [6, 6.07) is 7.26. The molecule has 0 unspecified atom stereocenters. The average molecular weight is 202 g/mol. The van der Waals surface area contributed by atoms with Crippen molar-refractivity contribution >= 4 is 16.7 Å². The third kappa shape index (κ3) is 1.61. The molecule has 0 aliphatic heterocycles. The Morgan fingerprint density at radius 1 is 1.40 bits per heavy atom. The van der Waals surface area contributed by atoms with Gasteiger partial charge in [-0.3, -0.25) is 9.78 Å². The van der Waals surface area contributed by atoms with Gasteiger partial charge in [0, 0.05) is 11.6 Å². The van der Waals surface area contributed by atoms with Gasteiger partial charge in [0.1, 0.15) is 11.4 Å². The zero-order valence-corrected chi connectivity index (χ0v) is 8.23. The summed E-state index contributed by atoms with van der Waals surface area (Å²) in [7, 11) is 1.57. The minimum atomic E-state index is -0.533. The molecule has 2 rings (SSSR count). The molecule has 1 amide bonds. The van der Waals surface area contributed by atoms with Gasteiger partial charge in [-0.25, -0.2) is 0 Å². The van der Waals surface area contributed by atoms with Crippen molar-refractivity contribution in [1.82, 2.24) is 4.98 Å². The minimum Gasteiger partial charge on any atom is -0.497 e. The van der Waals surface area contributed by atoms with E-state index in [4.69, 9.17) is 10.5 Å². The lowest BCUT2D eigenvalue weighted by atomic mass is 10.1. The normalized spacial score (nSPS) is 10.2. The molecule has 0 aliphatic carbocycles. The highest BCUT2D eigenvalue weighted by molar-refractivity contribution is 6.04. The molecule has 0 atom stereocenters. The molecule has 1 aromatic heterocycles. The van der Waals surface area contributed by atoms with Crippen LogP contribution in [-0.2, 0) is 0 Å². The van der Waals surface area contributed by atoms with Crippen LogP contribution in [0.4, 0.5) is 0 Å². The van der Waals surface area contributed by atoms with Crippen LogP contribution in [0.15, 0.2) is 30.5 Å². The summed E-state index contributed by atoms with van der Waals surface area (Å²) in [5.41, 5.74) is 5.50. The molecule has 76 valence electrons. The summed E-state index contributed by atoms with van der Waals surface area (Å²) in [5, 5.41) is 1.63. The van der Waals surface area contributed by atoms with Crippen LogP contribution in [0.3, 0.4) is 0 Å². The van der Waals surface area contributed by atoms with Gasteiger partial charge in [0.05, 0.1) is 7.11 Å². The topological polar surface area (TPSA) is 65.2 Å². The van der Waals surface area contributed by atoms with Crippen LogP contribution in [0.25, 0.3) is 10.8 Å². The zero-order valence-electron chi connectivity index (χ0n) is 8.23. The summed E-state index contributed by atoms with van der Waals surface area (Å²) in [6.45, 7) is 0. The molecule has 2 N–H and O–H groups in total. The van der Waals surface area contributed by atoms with Gasteiger partial charge in [-0.2, -0.15) is 0 Å². The summed E-state index contributed by atoms with van der Waals surface area (Å²) in [6.07, 6.45) is 1.56. The highest BCUT2D eigenvalue weighted by Gasteiger charge is 2.08. The van der Waals surface area contributed by atoms with E-state index in [1.165, 1.54) is 0 Å². The molecular formula is C11H10N2O2. The number of methoxy groups -OCH3 is 1. The van der Waals surface area contributed by atoms with Crippen molar-refractivity contribution in [2.24, 2.45) is 5.73 Å². The van der Waals surface area contributed by atoms with Crippen LogP contribution in [0.2, 0.25) is 0 Å². The van der Waals surface area contributed by atoms with Gasteiger partial charge in [0.25, 0.3) is 5.91 Å². The van der Waals surface area contributed by atoms with Crippen molar-refractivity contribution in [3.63, 3.8) is 0 Å². The first-order valence-electron chi connectivity index (χ1n) is 4.45. The smallest absolute Gasteiger partial charge is 0.267 e. The van der Waals surface area contributed by atoms with E-state index < -0.39 is 5.91 Å². The SMILES string of the molecule is COc1ccc2ccnc(C(N)=O)c2c1. The Hall–Kier alpha value is -2.10. The van der Waals surface area contributed by atoms with Crippen molar-refractivity contribution in [3.05, 3.63) is 36.2 Å². The maximum absolute atomic E-state index is 11.1. The van der Waals surface area contributed by atoms with Gasteiger partial charge in [-0.1, -0.05) is 6.07 Å². The van der Waals surface area contributed by atoms with Gasteiger partial charge >= 0.3 is 0 Å². The first kappa shape index (κ1) is 9.45. The molecule has 0 spiro atoms. The Kier molecular flexibility index (Phi) is 2.25. The van der Waals surface area contributed by atoms with Gasteiger partial charge in [0.2, 0.25) is 0 Å². The Bertz CT molecular complexity index is 523. The van der Waals surface area contributed by atoms with Crippen molar-refractivity contribution in [3.8, 4) is 5.75 Å². The predicted octanol–water partition coefficient (Wildman–Crippen LogP) is 1.34. The lowest BCUT2D eigenvalue weighted by molar-refractivity contribution is 0.0997. The number of amides is 1. The summed E-state index contributed by atoms with van der Waals surface area (Å²) in [5.74, 6) is 0.145. The van der Waals surface area contributed by atoms with Crippen LogP contribution in [0.5, 0.6) is 5.75 Å². The summed E-state index contributed by atoms with van der Waals surface area (Å²) < 4.78 is 5.08. The van der Waals surface area contributed by atoms with E-state index in [0.29, 0.717) is 11.1 Å². The number of aromatic nitrogens is 1. The fraction of sp³-hybridized carbons (Fsp3) is 0.0909. The van der Waals surface area contributed by atoms with Gasteiger partial charge in [-0.05, 0) is 23.6 Å². The molecule has 2 aromatic rings. The van der Waals surface area contributed by atoms with Crippen molar-refractivity contribution in [1.29, 1.82) is 0 Å². The lowest BCUT2D eigenvalue weighted by Gasteiger charge is -2.04. The van der Waals surface area contributed by atoms with Crippen LogP contribution < -0.4 is 10.5 Å². The van der Waals surface area contributed by atoms with E-state index in [1.54, 1.807) is 19.4 Å². The standard InChI is InChI=1S/C11H10N2O2/c1-15-8-3-2-7-4-5-13-10(11(12)14)9(7)6-8/h2-6H,1H3,(H2,12,14). The van der Waals surface area contributed by atoms with Crippen molar-refractivity contribution in [2.45, 2.75) is 0 Å². The Balaban J connectivity index is 2.76. The maximum atomic E-state index is 11.1. The highest BCUT2D eigenvalue weighted by Crippen LogP contribution is 2.22. The van der Waals surface area contributed by atoms with Gasteiger partial charge in [-0.15, -0.1) is 0 Å². The summed E-state index contributed by atoms with van der Waals surface area (Å²) >= 11 is 0. The second-order valence-electron chi connectivity index (χ2n) is 3.11. The Morgan fingerprint density at radius 2 is 2.20 bits per heavy atom. The Labute approximate surface area is 86.7 Å². The number of primary amides is 1. The third-order valence-corrected chi connectivity index (χ3v) is 2.21. The van der Waals surface area contributed by atoms with Crippen molar-refractivity contribution < 1.29 is 9.53 Å². The number of benzene rings is 1. The Morgan fingerprint density at radius 3 is 2.87 bits per heavy atom. The number of nitrogens with zero attached hydrogens (tertiary/aromatic N) is 1. The second kappa shape index (κ2) is 3.57. The molecule has 4 heteroatoms. The molecule has 0 radical (unpaired) electrons. The number of fused-ring (bicyclic) bond motifs is 1. The molecule has 0 saturated carbocycles. The quantitative estimate of drug-likeness (QED) is 0.799. The average Bonchev–Trinajstić information content (AvgIpc) is 2.27. The fourth-order valence-electron chi connectivity index (χ4n) is 1.47. The van der Waals surface area contributed by atoms with E-state index in [1.807, 2.05) is 18.2 Å². The number of ether oxygens (including phenoxy) is 1. The predicted molar refractivity (Wildman–Crippen MR) is 56.8 cm³/mol. The lowest BCUT2D eigenvalue weighted by Crippen LogP contribution is -2.13. The fourth-order valence-corrected chi connectivity index (χ4v) is 1.47. The van der Waals surface area contributed by atoms with E-state index in [0.717, 1.165) is 5.39 Å². The van der Waals surface area contributed by atoms with E-state index in [-0.39, 0.29) is 5.69 Å². The number of rotatable bonds is 2. The number of nitrogens with two attached hydrogens (primary N) is 1. The molecule has 0 aliphatic rings. The number of hydrogen-bond acceptors (Lipinski definition) is 3. The molecule has 0 bridgehead atoms. The van der Waals surface area contributed by atoms with E-state index in [2.05, 4.69) is 4.98 Å². The molecule has 0 saturated heterocycles. The highest BCUT2D eigenvalue weighted by atomic mass is 16.5. The number of hydrogen-bond donors (Lipinski definition) is 1. The van der Waals surface area contributed by atoms with E-state index in [9.17, 15) is 4.79 Å². The molecule has 1 heterocycles. The van der Waals surface area contributed by atoms with Crippen LogP contribution in [-0.4, -0.2) is 18.0 Å². The minimum absolute atomic E-state index is 0.270. The number of carbonyl (C=O) groups excluding carboxylic acids is 1. The molecular weight excluding hydrogens is 192 g/mol. The van der Waals surface area contributed by atoms with Crippen LogP contribution in [0.1, 0.15) is 10.5 Å². The second-order valence-corrected chi connectivity index (χ2v) is 3.11. The monoisotopic (exact) mass is 202 g/mol. The van der Waals surface area contributed by atoms with Crippen LogP contribution >= 0.6 is 0 Å². The van der Waals surface area contributed by atoms with Crippen molar-refractivity contribution in [2.75, 3.05) is 7.11 Å². The first-order valence-corrected chi connectivity index (χ1v) is 4.45.